The van der Waals surface area contributed by atoms with E-state index < -0.39 is 0 Å². The van der Waals surface area contributed by atoms with Crippen molar-refractivity contribution in [1.82, 2.24) is 4.98 Å². The van der Waals surface area contributed by atoms with Crippen LogP contribution in [0.4, 0.5) is 10.2 Å². The minimum Gasteiger partial charge on any atom is -0.310 e. The molecule has 0 spiro atoms. The Morgan fingerprint density at radius 2 is 2.06 bits per heavy atom. The fourth-order valence-electron chi connectivity index (χ4n) is 1.50. The summed E-state index contributed by atoms with van der Waals surface area (Å²) in [4.78, 5) is 15.8. The van der Waals surface area contributed by atoms with Crippen molar-refractivity contribution in [3.05, 3.63) is 58.4 Å². The minimum absolute atomic E-state index is 0.117. The van der Waals surface area contributed by atoms with Crippen LogP contribution in [0.1, 0.15) is 5.56 Å². The van der Waals surface area contributed by atoms with E-state index in [4.69, 9.17) is 0 Å². The van der Waals surface area contributed by atoms with Gasteiger partial charge in [-0.3, -0.25) is 4.79 Å². The van der Waals surface area contributed by atoms with Gasteiger partial charge in [-0.1, -0.05) is 18.2 Å². The first-order chi connectivity index (χ1) is 8.63. The molecule has 0 radical (unpaired) electrons. The molecule has 3 nitrogen and oxygen atoms in total. The van der Waals surface area contributed by atoms with Crippen LogP contribution in [0.3, 0.4) is 0 Å². The molecule has 1 heterocycles. The van der Waals surface area contributed by atoms with Gasteiger partial charge in [0, 0.05) is 0 Å². The lowest BCUT2D eigenvalue weighted by Crippen LogP contribution is -2.15. The van der Waals surface area contributed by atoms with Gasteiger partial charge in [-0.05, 0) is 45.8 Å². The van der Waals surface area contributed by atoms with E-state index in [1.165, 1.54) is 12.1 Å². The van der Waals surface area contributed by atoms with Crippen molar-refractivity contribution in [1.29, 1.82) is 0 Å². The number of carbonyl (C=O) groups excluding carboxylic acids is 1. The number of pyridine rings is 1. The first-order valence-corrected chi connectivity index (χ1v) is 6.09. The lowest BCUT2D eigenvalue weighted by Gasteiger charge is -2.04. The topological polar surface area (TPSA) is 42.0 Å². The molecular weight excluding hydrogens is 299 g/mol. The summed E-state index contributed by atoms with van der Waals surface area (Å²) in [5, 5.41) is 2.65. The van der Waals surface area contributed by atoms with Crippen LogP contribution in [-0.2, 0) is 11.2 Å². The van der Waals surface area contributed by atoms with Crippen LogP contribution in [-0.4, -0.2) is 10.9 Å². The van der Waals surface area contributed by atoms with Crippen LogP contribution in [0.15, 0.2) is 47.1 Å². The number of amides is 1. The van der Waals surface area contributed by atoms with Gasteiger partial charge in [0.1, 0.15) is 16.2 Å². The molecule has 2 rings (SSSR count). The van der Waals surface area contributed by atoms with Gasteiger partial charge in [-0.25, -0.2) is 9.37 Å². The number of anilines is 1. The Morgan fingerprint density at radius 1 is 1.28 bits per heavy atom. The second-order valence-corrected chi connectivity index (χ2v) is 4.51. The number of hydrogen-bond acceptors (Lipinski definition) is 2. The van der Waals surface area contributed by atoms with Crippen molar-refractivity contribution < 1.29 is 9.18 Å². The van der Waals surface area contributed by atoms with Gasteiger partial charge in [0.05, 0.1) is 6.42 Å². The maximum absolute atomic E-state index is 12.9. The van der Waals surface area contributed by atoms with Crippen LogP contribution >= 0.6 is 15.9 Å². The zero-order valence-corrected chi connectivity index (χ0v) is 10.9. The zero-order valence-electron chi connectivity index (χ0n) is 9.36. The Kier molecular flexibility index (Phi) is 4.04. The van der Waals surface area contributed by atoms with Gasteiger partial charge in [0.2, 0.25) is 5.91 Å². The number of hydrogen-bond donors (Lipinski definition) is 1. The first-order valence-electron chi connectivity index (χ1n) is 5.30. The lowest BCUT2D eigenvalue weighted by molar-refractivity contribution is -0.115. The molecule has 18 heavy (non-hydrogen) atoms. The van der Waals surface area contributed by atoms with Crippen molar-refractivity contribution in [2.75, 3.05) is 5.32 Å². The minimum atomic E-state index is -0.346. The van der Waals surface area contributed by atoms with E-state index >= 15 is 0 Å². The van der Waals surface area contributed by atoms with Gasteiger partial charge in [-0.15, -0.1) is 0 Å². The fraction of sp³-hybridized carbons (Fsp3) is 0.0769. The van der Waals surface area contributed by atoms with Crippen LogP contribution in [0, 0.1) is 5.82 Å². The highest BCUT2D eigenvalue weighted by Crippen LogP contribution is 2.11. The van der Waals surface area contributed by atoms with Gasteiger partial charge in [0.25, 0.3) is 0 Å². The van der Waals surface area contributed by atoms with Gasteiger partial charge < -0.3 is 5.32 Å². The molecule has 0 aliphatic carbocycles. The molecule has 0 unspecified atom stereocenters. The zero-order chi connectivity index (χ0) is 13.0. The van der Waals surface area contributed by atoms with Crippen molar-refractivity contribution >= 4 is 27.7 Å². The Bertz CT molecular complexity index is 525. The standard InChI is InChI=1S/C13H10BrFN2O/c14-11-5-2-6-12(16-11)17-13(18)8-9-3-1-4-10(15)7-9/h1-7H,8H2,(H,16,17,18). The molecule has 1 aromatic carbocycles. The van der Waals surface area contributed by atoms with Crippen molar-refractivity contribution in [2.45, 2.75) is 6.42 Å². The van der Waals surface area contributed by atoms with E-state index in [9.17, 15) is 9.18 Å². The highest BCUT2D eigenvalue weighted by Gasteiger charge is 2.05. The van der Waals surface area contributed by atoms with E-state index in [-0.39, 0.29) is 18.1 Å². The number of carbonyl (C=O) groups is 1. The highest BCUT2D eigenvalue weighted by molar-refractivity contribution is 9.10. The van der Waals surface area contributed by atoms with Crippen molar-refractivity contribution in [2.24, 2.45) is 0 Å². The summed E-state index contributed by atoms with van der Waals surface area (Å²) in [7, 11) is 0. The highest BCUT2D eigenvalue weighted by atomic mass is 79.9. The summed E-state index contributed by atoms with van der Waals surface area (Å²) in [5.74, 6) is -0.113. The van der Waals surface area contributed by atoms with Crippen LogP contribution in [0.2, 0.25) is 0 Å². The number of benzene rings is 1. The Balaban J connectivity index is 2.01. The molecule has 0 saturated heterocycles. The maximum atomic E-state index is 12.9. The lowest BCUT2D eigenvalue weighted by atomic mass is 10.1. The Morgan fingerprint density at radius 3 is 2.78 bits per heavy atom. The molecule has 5 heteroatoms. The molecule has 1 N–H and O–H groups in total. The largest absolute Gasteiger partial charge is 0.310 e. The molecule has 0 saturated carbocycles. The number of halogens is 2. The van der Waals surface area contributed by atoms with E-state index in [1.54, 1.807) is 30.3 Å². The molecule has 1 amide bonds. The number of aromatic nitrogens is 1. The summed E-state index contributed by atoms with van der Waals surface area (Å²) in [5.41, 5.74) is 0.627. The fourth-order valence-corrected chi connectivity index (χ4v) is 1.84. The van der Waals surface area contributed by atoms with Gasteiger partial charge >= 0.3 is 0 Å². The number of rotatable bonds is 3. The monoisotopic (exact) mass is 308 g/mol. The van der Waals surface area contributed by atoms with Crippen LogP contribution in [0.5, 0.6) is 0 Å². The summed E-state index contributed by atoms with van der Waals surface area (Å²) < 4.78 is 13.6. The Hall–Kier alpha value is -1.75. The van der Waals surface area contributed by atoms with E-state index in [0.29, 0.717) is 16.0 Å². The first kappa shape index (κ1) is 12.7. The van der Waals surface area contributed by atoms with E-state index in [2.05, 4.69) is 26.2 Å². The SMILES string of the molecule is O=C(Cc1cccc(F)c1)Nc1cccc(Br)n1. The molecular formula is C13H10BrFN2O. The van der Waals surface area contributed by atoms with Crippen LogP contribution in [0.25, 0.3) is 0 Å². The molecule has 0 aliphatic rings. The molecule has 1 aromatic heterocycles. The predicted molar refractivity (Wildman–Crippen MR) is 70.7 cm³/mol. The van der Waals surface area contributed by atoms with E-state index in [0.717, 1.165) is 0 Å². The third kappa shape index (κ3) is 3.63. The normalized spacial score (nSPS) is 10.1. The van der Waals surface area contributed by atoms with Gasteiger partial charge in [0.15, 0.2) is 0 Å². The van der Waals surface area contributed by atoms with E-state index in [1.807, 2.05) is 0 Å². The molecule has 0 bridgehead atoms. The molecule has 2 aromatic rings. The summed E-state index contributed by atoms with van der Waals surface area (Å²) >= 11 is 3.22. The second-order valence-electron chi connectivity index (χ2n) is 3.70. The smallest absolute Gasteiger partial charge is 0.229 e. The molecule has 0 aliphatic heterocycles. The van der Waals surface area contributed by atoms with Gasteiger partial charge in [-0.2, -0.15) is 0 Å². The second kappa shape index (κ2) is 5.73. The predicted octanol–water partition coefficient (Wildman–Crippen LogP) is 3.16. The molecule has 92 valence electrons. The average molecular weight is 309 g/mol. The Labute approximate surface area is 112 Å². The van der Waals surface area contributed by atoms with Crippen molar-refractivity contribution in [3.63, 3.8) is 0 Å². The quantitative estimate of drug-likeness (QED) is 0.885. The summed E-state index contributed by atoms with van der Waals surface area (Å²) in [6.07, 6.45) is 0.117. The van der Waals surface area contributed by atoms with Crippen molar-refractivity contribution in [3.8, 4) is 0 Å². The molecule has 0 atom stereocenters. The van der Waals surface area contributed by atoms with Crippen LogP contribution < -0.4 is 5.32 Å². The number of nitrogens with one attached hydrogen (secondary N) is 1. The number of nitrogens with zero attached hydrogens (tertiary/aromatic N) is 1. The molecule has 0 fully saturated rings. The summed E-state index contributed by atoms with van der Waals surface area (Å²) in [6.45, 7) is 0. The third-order valence-electron chi connectivity index (χ3n) is 2.24. The maximum Gasteiger partial charge on any atom is 0.229 e. The average Bonchev–Trinajstić information content (AvgIpc) is 2.28. The summed E-state index contributed by atoms with van der Waals surface area (Å²) in [6, 6.07) is 11.2. The third-order valence-corrected chi connectivity index (χ3v) is 2.68.